The molecule has 8 nitrogen and oxygen atoms in total. The number of ether oxygens (including phenoxy) is 3. The van der Waals surface area contributed by atoms with Crippen molar-refractivity contribution >= 4 is 38.4 Å². The highest BCUT2D eigenvalue weighted by molar-refractivity contribution is 7.22. The number of urea groups is 1. The number of methoxy groups -OCH3 is 2. The molecule has 2 N–H and O–H groups in total. The van der Waals surface area contributed by atoms with E-state index >= 15 is 0 Å². The highest BCUT2D eigenvalue weighted by atomic mass is 32.1. The normalized spacial score (nSPS) is 13.8. The molecule has 0 unspecified atom stereocenters. The minimum Gasteiger partial charge on any atom is -0.493 e. The summed E-state index contributed by atoms with van der Waals surface area (Å²) in [6.07, 6.45) is 0.685. The maximum Gasteiger partial charge on any atom is 0.319 e. The molecule has 2 heterocycles. The molecule has 1 fully saturated rings. The van der Waals surface area contributed by atoms with Gasteiger partial charge >= 0.3 is 6.03 Å². The summed E-state index contributed by atoms with van der Waals surface area (Å²) in [4.78, 5) is 19.3. The number of rotatable bonds is 7. The van der Waals surface area contributed by atoms with Gasteiger partial charge in [-0.25, -0.2) is 9.78 Å². The SMILES string of the molecule is COc1ccc(CCNC(=O)Nc2ccc3nc(N4CCOCC4)sc3c2)cc1OC. The Bertz CT molecular complexity index is 1050. The van der Waals surface area contributed by atoms with E-state index in [2.05, 4.69) is 15.5 Å². The van der Waals surface area contributed by atoms with Crippen LogP contribution in [0.2, 0.25) is 0 Å². The zero-order valence-corrected chi connectivity index (χ0v) is 18.5. The van der Waals surface area contributed by atoms with E-state index in [4.69, 9.17) is 19.2 Å². The molecular weight excluding hydrogens is 416 g/mol. The van der Waals surface area contributed by atoms with Crippen molar-refractivity contribution in [2.45, 2.75) is 6.42 Å². The van der Waals surface area contributed by atoms with Gasteiger partial charge in [0.25, 0.3) is 0 Å². The number of nitrogens with one attached hydrogen (secondary N) is 2. The quantitative estimate of drug-likeness (QED) is 0.583. The third-order valence-corrected chi connectivity index (χ3v) is 6.14. The molecule has 4 rings (SSSR count). The molecule has 31 heavy (non-hydrogen) atoms. The molecule has 0 spiro atoms. The number of amides is 2. The van der Waals surface area contributed by atoms with Crippen molar-refractivity contribution in [1.82, 2.24) is 10.3 Å². The van der Waals surface area contributed by atoms with Crippen LogP contribution in [0.25, 0.3) is 10.2 Å². The first-order chi connectivity index (χ1) is 15.2. The number of morpholine rings is 1. The fraction of sp³-hybridized carbons (Fsp3) is 0.364. The van der Waals surface area contributed by atoms with E-state index in [0.717, 1.165) is 52.9 Å². The third kappa shape index (κ3) is 5.18. The largest absolute Gasteiger partial charge is 0.493 e. The van der Waals surface area contributed by atoms with Crippen LogP contribution in [-0.2, 0) is 11.2 Å². The molecule has 1 aliphatic rings. The summed E-state index contributed by atoms with van der Waals surface area (Å²) in [5.41, 5.74) is 2.74. The highest BCUT2D eigenvalue weighted by Crippen LogP contribution is 2.31. The number of aromatic nitrogens is 1. The second-order valence-electron chi connectivity index (χ2n) is 7.10. The van der Waals surface area contributed by atoms with Gasteiger partial charge in [-0.3, -0.25) is 0 Å². The average molecular weight is 443 g/mol. The minimum absolute atomic E-state index is 0.238. The van der Waals surface area contributed by atoms with Gasteiger partial charge in [-0.15, -0.1) is 0 Å². The highest BCUT2D eigenvalue weighted by Gasteiger charge is 2.15. The Balaban J connectivity index is 1.32. The lowest BCUT2D eigenvalue weighted by Gasteiger charge is -2.25. The summed E-state index contributed by atoms with van der Waals surface area (Å²) in [5, 5.41) is 6.79. The number of carbonyl (C=O) groups excluding carboxylic acids is 1. The molecule has 164 valence electrons. The molecule has 0 saturated carbocycles. The second-order valence-corrected chi connectivity index (χ2v) is 8.11. The van der Waals surface area contributed by atoms with Gasteiger partial charge in [-0.1, -0.05) is 17.4 Å². The number of anilines is 2. The molecule has 1 aliphatic heterocycles. The molecular formula is C22H26N4O4S. The lowest BCUT2D eigenvalue weighted by Crippen LogP contribution is -2.36. The van der Waals surface area contributed by atoms with Gasteiger partial charge in [0.05, 0.1) is 37.6 Å². The summed E-state index contributed by atoms with van der Waals surface area (Å²) < 4.78 is 17.0. The summed E-state index contributed by atoms with van der Waals surface area (Å²) in [6.45, 7) is 3.67. The number of hydrogen-bond donors (Lipinski definition) is 2. The predicted molar refractivity (Wildman–Crippen MR) is 123 cm³/mol. The average Bonchev–Trinajstić information content (AvgIpc) is 3.23. The first-order valence-electron chi connectivity index (χ1n) is 10.2. The maximum atomic E-state index is 12.3. The molecule has 1 aromatic heterocycles. The Hall–Kier alpha value is -3.04. The molecule has 3 aromatic rings. The van der Waals surface area contributed by atoms with E-state index < -0.39 is 0 Å². The molecule has 0 atom stereocenters. The standard InChI is InChI=1S/C22H26N4O4S/c1-28-18-6-3-15(13-19(18)29-2)7-8-23-21(27)24-16-4-5-17-20(14-16)31-22(25-17)26-9-11-30-12-10-26/h3-6,13-14H,7-12H2,1-2H3,(H2,23,24,27). The molecule has 0 aliphatic carbocycles. The minimum atomic E-state index is -0.238. The number of benzene rings is 2. The Morgan fingerprint density at radius 2 is 1.94 bits per heavy atom. The Kier molecular flexibility index (Phi) is 6.73. The summed E-state index contributed by atoms with van der Waals surface area (Å²) in [6, 6.07) is 11.3. The van der Waals surface area contributed by atoms with Crippen molar-refractivity contribution in [1.29, 1.82) is 0 Å². The fourth-order valence-electron chi connectivity index (χ4n) is 3.41. The van der Waals surface area contributed by atoms with Crippen molar-refractivity contribution in [3.63, 3.8) is 0 Å². The number of carbonyl (C=O) groups is 1. The van der Waals surface area contributed by atoms with Crippen LogP contribution in [0.5, 0.6) is 11.5 Å². The topological polar surface area (TPSA) is 85.0 Å². The van der Waals surface area contributed by atoms with Crippen molar-refractivity contribution in [2.24, 2.45) is 0 Å². The Morgan fingerprint density at radius 1 is 1.13 bits per heavy atom. The zero-order chi connectivity index (χ0) is 21.6. The number of fused-ring (bicyclic) bond motifs is 1. The van der Waals surface area contributed by atoms with E-state index in [0.29, 0.717) is 24.5 Å². The third-order valence-electron chi connectivity index (χ3n) is 5.06. The summed E-state index contributed by atoms with van der Waals surface area (Å²) in [7, 11) is 3.22. The zero-order valence-electron chi connectivity index (χ0n) is 17.6. The van der Waals surface area contributed by atoms with Crippen LogP contribution >= 0.6 is 11.3 Å². The lowest BCUT2D eigenvalue weighted by atomic mass is 10.1. The predicted octanol–water partition coefficient (Wildman–Crippen LogP) is 3.51. The van der Waals surface area contributed by atoms with E-state index in [1.54, 1.807) is 25.6 Å². The van der Waals surface area contributed by atoms with Crippen LogP contribution in [0.3, 0.4) is 0 Å². The van der Waals surface area contributed by atoms with E-state index in [-0.39, 0.29) is 6.03 Å². The van der Waals surface area contributed by atoms with Gasteiger partial charge in [-0.2, -0.15) is 0 Å². The fourth-order valence-corrected chi connectivity index (χ4v) is 4.47. The first-order valence-corrected chi connectivity index (χ1v) is 11.0. The van der Waals surface area contributed by atoms with Crippen LogP contribution in [0.1, 0.15) is 5.56 Å². The molecule has 2 amide bonds. The van der Waals surface area contributed by atoms with Crippen LogP contribution in [0, 0.1) is 0 Å². The van der Waals surface area contributed by atoms with E-state index in [9.17, 15) is 4.79 Å². The number of nitrogens with zero attached hydrogens (tertiary/aromatic N) is 2. The van der Waals surface area contributed by atoms with Crippen molar-refractivity contribution in [3.8, 4) is 11.5 Å². The monoisotopic (exact) mass is 442 g/mol. The smallest absolute Gasteiger partial charge is 0.319 e. The van der Waals surface area contributed by atoms with Crippen molar-refractivity contribution < 1.29 is 19.0 Å². The Labute approximate surface area is 185 Å². The lowest BCUT2D eigenvalue weighted by molar-refractivity contribution is 0.122. The van der Waals surface area contributed by atoms with Crippen molar-refractivity contribution in [2.75, 3.05) is 57.3 Å². The first kappa shape index (κ1) is 21.2. The van der Waals surface area contributed by atoms with Gasteiger partial charge in [0.2, 0.25) is 0 Å². The van der Waals surface area contributed by atoms with Gasteiger partial charge in [0.1, 0.15) is 0 Å². The molecule has 2 aromatic carbocycles. The second kappa shape index (κ2) is 9.84. The van der Waals surface area contributed by atoms with Crippen LogP contribution in [0.4, 0.5) is 15.6 Å². The van der Waals surface area contributed by atoms with Crippen molar-refractivity contribution in [3.05, 3.63) is 42.0 Å². The number of hydrogen-bond acceptors (Lipinski definition) is 7. The summed E-state index contributed by atoms with van der Waals surface area (Å²) >= 11 is 1.63. The molecule has 9 heteroatoms. The van der Waals surface area contributed by atoms with Gasteiger partial charge in [0, 0.05) is 25.3 Å². The van der Waals surface area contributed by atoms with Crippen LogP contribution in [-0.4, -0.2) is 58.1 Å². The molecule has 0 bridgehead atoms. The van der Waals surface area contributed by atoms with E-state index in [1.165, 1.54) is 0 Å². The number of thiazole rings is 1. The molecule has 0 radical (unpaired) electrons. The van der Waals surface area contributed by atoms with Gasteiger partial charge in [-0.05, 0) is 42.3 Å². The molecule has 1 saturated heterocycles. The van der Waals surface area contributed by atoms with E-state index in [1.807, 2.05) is 36.4 Å². The van der Waals surface area contributed by atoms with Gasteiger partial charge < -0.3 is 29.7 Å². The maximum absolute atomic E-state index is 12.3. The van der Waals surface area contributed by atoms with Gasteiger partial charge in [0.15, 0.2) is 16.6 Å². The Morgan fingerprint density at radius 3 is 2.71 bits per heavy atom. The van der Waals surface area contributed by atoms with Crippen LogP contribution in [0.15, 0.2) is 36.4 Å². The van der Waals surface area contributed by atoms with Crippen LogP contribution < -0.4 is 25.0 Å². The summed E-state index contributed by atoms with van der Waals surface area (Å²) in [5.74, 6) is 1.37.